The third kappa shape index (κ3) is 5.18. The van der Waals surface area contributed by atoms with E-state index in [4.69, 9.17) is 21.7 Å². The molecule has 2 aromatic carbocycles. The molecule has 0 aromatic heterocycles. The first-order valence-electron chi connectivity index (χ1n) is 7.58. The lowest BCUT2D eigenvalue weighted by atomic mass is 10.2. The van der Waals surface area contributed by atoms with Crippen LogP contribution in [0.5, 0.6) is 11.5 Å². The molecule has 0 spiro atoms. The molecule has 0 aliphatic rings. The number of rotatable bonds is 6. The van der Waals surface area contributed by atoms with E-state index < -0.39 is 5.97 Å². The van der Waals surface area contributed by atoms with Crippen molar-refractivity contribution in [1.82, 2.24) is 5.43 Å². The second-order valence-electron chi connectivity index (χ2n) is 5.01. The second kappa shape index (κ2) is 9.38. The van der Waals surface area contributed by atoms with Crippen molar-refractivity contribution in [2.24, 2.45) is 5.10 Å². The Morgan fingerprint density at radius 1 is 1.08 bits per heavy atom. The Kier molecular flexibility index (Phi) is 6.92. The molecule has 0 fully saturated rings. The smallest absolute Gasteiger partial charge is 0.337 e. The minimum absolute atomic E-state index is 0.281. The van der Waals surface area contributed by atoms with Crippen LogP contribution in [0.4, 0.5) is 5.69 Å². The summed E-state index contributed by atoms with van der Waals surface area (Å²) in [5.41, 5.74) is 4.59. The van der Waals surface area contributed by atoms with Gasteiger partial charge in [0.25, 0.3) is 0 Å². The molecular formula is C18H19N3O4S. The van der Waals surface area contributed by atoms with Gasteiger partial charge in [-0.2, -0.15) is 5.10 Å². The maximum atomic E-state index is 11.5. The number of esters is 1. The van der Waals surface area contributed by atoms with Gasteiger partial charge in [-0.05, 0) is 54.2 Å². The molecule has 8 heteroatoms. The van der Waals surface area contributed by atoms with E-state index in [1.165, 1.54) is 7.11 Å². The van der Waals surface area contributed by atoms with E-state index in [2.05, 4.69) is 20.6 Å². The highest BCUT2D eigenvalue weighted by Gasteiger charge is 2.06. The molecule has 0 saturated heterocycles. The molecule has 26 heavy (non-hydrogen) atoms. The molecule has 2 aromatic rings. The first-order valence-corrected chi connectivity index (χ1v) is 7.98. The number of nitrogens with one attached hydrogen (secondary N) is 2. The fourth-order valence-electron chi connectivity index (χ4n) is 2.10. The van der Waals surface area contributed by atoms with E-state index in [9.17, 15) is 4.79 Å². The molecule has 7 nitrogen and oxygen atoms in total. The van der Waals surface area contributed by atoms with Crippen LogP contribution in [-0.4, -0.2) is 38.6 Å². The van der Waals surface area contributed by atoms with Crippen molar-refractivity contribution in [3.8, 4) is 11.5 Å². The predicted molar refractivity (Wildman–Crippen MR) is 104 cm³/mol. The van der Waals surface area contributed by atoms with Crippen molar-refractivity contribution in [2.45, 2.75) is 0 Å². The molecule has 0 unspecified atom stereocenters. The summed E-state index contributed by atoms with van der Waals surface area (Å²) < 4.78 is 15.1. The first kappa shape index (κ1) is 19.2. The third-order valence-corrected chi connectivity index (χ3v) is 3.52. The Morgan fingerprint density at radius 2 is 1.85 bits per heavy atom. The van der Waals surface area contributed by atoms with Gasteiger partial charge in [0, 0.05) is 5.69 Å². The van der Waals surface area contributed by atoms with Crippen molar-refractivity contribution in [2.75, 3.05) is 26.6 Å². The Morgan fingerprint density at radius 3 is 2.54 bits per heavy atom. The lowest BCUT2D eigenvalue weighted by molar-refractivity contribution is 0.0601. The van der Waals surface area contributed by atoms with Gasteiger partial charge in [-0.3, -0.25) is 5.43 Å². The Balaban J connectivity index is 1.96. The highest BCUT2D eigenvalue weighted by atomic mass is 32.1. The summed E-state index contributed by atoms with van der Waals surface area (Å²) in [7, 11) is 4.47. The average Bonchev–Trinajstić information content (AvgIpc) is 2.67. The number of carbonyl (C=O) groups excluding carboxylic acids is 1. The number of anilines is 1. The van der Waals surface area contributed by atoms with Crippen LogP contribution in [0, 0.1) is 0 Å². The quantitative estimate of drug-likeness (QED) is 0.349. The van der Waals surface area contributed by atoms with Crippen LogP contribution >= 0.6 is 12.2 Å². The third-order valence-electron chi connectivity index (χ3n) is 3.33. The van der Waals surface area contributed by atoms with Crippen molar-refractivity contribution in [3.05, 3.63) is 53.6 Å². The van der Waals surface area contributed by atoms with E-state index in [0.29, 0.717) is 22.7 Å². The van der Waals surface area contributed by atoms with E-state index in [0.717, 1.165) is 5.56 Å². The van der Waals surface area contributed by atoms with Crippen LogP contribution < -0.4 is 20.2 Å². The number of hydrazone groups is 1. The first-order chi connectivity index (χ1) is 12.6. The molecule has 0 heterocycles. The van der Waals surface area contributed by atoms with Gasteiger partial charge in [-0.15, -0.1) is 0 Å². The van der Waals surface area contributed by atoms with Gasteiger partial charge in [0.15, 0.2) is 16.6 Å². The van der Waals surface area contributed by atoms with Crippen molar-refractivity contribution in [1.29, 1.82) is 0 Å². The molecule has 2 rings (SSSR count). The van der Waals surface area contributed by atoms with Crippen molar-refractivity contribution >= 4 is 35.2 Å². The van der Waals surface area contributed by atoms with E-state index >= 15 is 0 Å². The molecule has 0 aliphatic heterocycles. The number of hydrogen-bond donors (Lipinski definition) is 2. The molecule has 2 N–H and O–H groups in total. The Hall–Kier alpha value is -3.13. The van der Waals surface area contributed by atoms with Crippen molar-refractivity contribution in [3.63, 3.8) is 0 Å². The van der Waals surface area contributed by atoms with E-state index in [-0.39, 0.29) is 5.11 Å². The van der Waals surface area contributed by atoms with Crippen LogP contribution in [0.1, 0.15) is 15.9 Å². The largest absolute Gasteiger partial charge is 0.493 e. The van der Waals surface area contributed by atoms with Crippen LogP contribution in [0.25, 0.3) is 0 Å². The van der Waals surface area contributed by atoms with Gasteiger partial charge < -0.3 is 19.5 Å². The van der Waals surface area contributed by atoms with Crippen LogP contribution in [0.15, 0.2) is 47.6 Å². The van der Waals surface area contributed by atoms with Crippen LogP contribution in [-0.2, 0) is 4.74 Å². The lowest BCUT2D eigenvalue weighted by Crippen LogP contribution is -2.24. The van der Waals surface area contributed by atoms with Gasteiger partial charge in [-0.25, -0.2) is 4.79 Å². The maximum Gasteiger partial charge on any atom is 0.337 e. The molecule has 0 radical (unpaired) electrons. The van der Waals surface area contributed by atoms with Gasteiger partial charge in [-0.1, -0.05) is 6.07 Å². The van der Waals surface area contributed by atoms with Gasteiger partial charge >= 0.3 is 5.97 Å². The standard InChI is InChI=1S/C18H19N3O4S/c1-23-15-8-7-12(9-16(15)24-2)11-19-21-18(26)20-14-6-4-5-13(10-14)17(22)25-3/h4-11H,1-3H3,(H2,20,21,26)/b19-11+. The highest BCUT2D eigenvalue weighted by Crippen LogP contribution is 2.26. The second-order valence-corrected chi connectivity index (χ2v) is 5.42. The lowest BCUT2D eigenvalue weighted by Gasteiger charge is -2.09. The maximum absolute atomic E-state index is 11.5. The molecular weight excluding hydrogens is 354 g/mol. The number of hydrogen-bond acceptors (Lipinski definition) is 6. The summed E-state index contributed by atoms with van der Waals surface area (Å²) in [4.78, 5) is 11.5. The number of nitrogens with zero attached hydrogens (tertiary/aromatic N) is 1. The fraction of sp³-hybridized carbons (Fsp3) is 0.167. The minimum Gasteiger partial charge on any atom is -0.493 e. The molecule has 0 atom stereocenters. The minimum atomic E-state index is -0.418. The molecule has 0 saturated carbocycles. The Bertz CT molecular complexity index is 824. The van der Waals surface area contributed by atoms with E-state index in [1.807, 2.05) is 6.07 Å². The zero-order chi connectivity index (χ0) is 18.9. The number of benzene rings is 2. The van der Waals surface area contributed by atoms with E-state index in [1.54, 1.807) is 56.8 Å². The van der Waals surface area contributed by atoms with Gasteiger partial charge in [0.2, 0.25) is 0 Å². The monoisotopic (exact) mass is 373 g/mol. The molecule has 0 bridgehead atoms. The zero-order valence-corrected chi connectivity index (χ0v) is 15.4. The van der Waals surface area contributed by atoms with Crippen LogP contribution in [0.2, 0.25) is 0 Å². The summed E-state index contributed by atoms with van der Waals surface area (Å²) in [5.74, 6) is 0.830. The average molecular weight is 373 g/mol. The predicted octanol–water partition coefficient (Wildman–Crippen LogP) is 2.81. The zero-order valence-electron chi connectivity index (χ0n) is 14.6. The summed E-state index contributed by atoms with van der Waals surface area (Å²) in [6.45, 7) is 0. The SMILES string of the molecule is COC(=O)c1cccc(NC(=S)N/N=C/c2ccc(OC)c(OC)c2)c1. The summed E-state index contributed by atoms with van der Waals surface area (Å²) in [6.07, 6.45) is 1.60. The number of thiocarbonyl (C=S) groups is 1. The number of methoxy groups -OCH3 is 3. The number of carbonyl (C=O) groups is 1. The number of ether oxygens (including phenoxy) is 3. The molecule has 0 amide bonds. The van der Waals surface area contributed by atoms with Crippen molar-refractivity contribution < 1.29 is 19.0 Å². The normalized spacial score (nSPS) is 10.3. The van der Waals surface area contributed by atoms with Gasteiger partial charge in [0.1, 0.15) is 0 Å². The Labute approximate surface area is 157 Å². The topological polar surface area (TPSA) is 81.2 Å². The fourth-order valence-corrected chi connectivity index (χ4v) is 2.27. The molecule has 0 aliphatic carbocycles. The molecule has 136 valence electrons. The highest BCUT2D eigenvalue weighted by molar-refractivity contribution is 7.80. The van der Waals surface area contributed by atoms with Gasteiger partial charge in [0.05, 0.1) is 33.1 Å². The summed E-state index contributed by atoms with van der Waals surface area (Å²) in [5, 5.41) is 7.30. The summed E-state index contributed by atoms with van der Waals surface area (Å²) >= 11 is 5.18. The summed E-state index contributed by atoms with van der Waals surface area (Å²) in [6, 6.07) is 12.2. The van der Waals surface area contributed by atoms with Crippen LogP contribution in [0.3, 0.4) is 0 Å².